The summed E-state index contributed by atoms with van der Waals surface area (Å²) in [6, 6.07) is 9.83. The summed E-state index contributed by atoms with van der Waals surface area (Å²) in [5.74, 6) is -0.363. The largest absolute Gasteiger partial charge is 0.466 e. The van der Waals surface area contributed by atoms with Gasteiger partial charge in [-0.2, -0.15) is 0 Å². The molecule has 90 valence electrons. The van der Waals surface area contributed by atoms with Gasteiger partial charge in [0.1, 0.15) is 0 Å². The van der Waals surface area contributed by atoms with E-state index in [0.29, 0.717) is 6.61 Å². The third kappa shape index (κ3) is 2.84. The highest BCUT2D eigenvalue weighted by Crippen LogP contribution is 2.31. The summed E-state index contributed by atoms with van der Waals surface area (Å²) < 4.78 is 5.93. The van der Waals surface area contributed by atoms with Crippen molar-refractivity contribution in [3.8, 4) is 0 Å². The first-order valence-electron chi connectivity index (χ1n) is 5.53. The van der Waals surface area contributed by atoms with Gasteiger partial charge in [0.25, 0.3) is 0 Å². The minimum absolute atomic E-state index is 0.0145. The van der Waals surface area contributed by atoms with Crippen molar-refractivity contribution >= 4 is 27.4 Å². The van der Waals surface area contributed by atoms with Crippen molar-refractivity contribution in [1.82, 2.24) is 0 Å². The number of thiophene rings is 1. The van der Waals surface area contributed by atoms with Gasteiger partial charge in [-0.05, 0) is 24.4 Å². The minimum Gasteiger partial charge on any atom is -0.466 e. The van der Waals surface area contributed by atoms with Crippen LogP contribution >= 0.6 is 11.3 Å². The van der Waals surface area contributed by atoms with Crippen molar-refractivity contribution in [1.29, 1.82) is 0 Å². The Morgan fingerprint density at radius 2 is 2.24 bits per heavy atom. The Balaban J connectivity index is 2.13. The Labute approximate surface area is 104 Å². The van der Waals surface area contributed by atoms with Gasteiger partial charge in [0.05, 0.1) is 19.1 Å². The van der Waals surface area contributed by atoms with Gasteiger partial charge in [0, 0.05) is 9.58 Å². The third-order valence-corrected chi connectivity index (χ3v) is 3.66. The molecule has 17 heavy (non-hydrogen) atoms. The van der Waals surface area contributed by atoms with Crippen LogP contribution in [-0.2, 0) is 9.53 Å². The average molecular weight is 250 g/mol. The van der Waals surface area contributed by atoms with Crippen LogP contribution in [0.5, 0.6) is 0 Å². The lowest BCUT2D eigenvalue weighted by molar-refractivity contribution is -0.145. The SMILES string of the molecule is CCOC(=O)C[C@H](O)c1cc2ccccc2s1. The number of fused-ring (bicyclic) bond motifs is 1. The highest BCUT2D eigenvalue weighted by atomic mass is 32.1. The van der Waals surface area contributed by atoms with Crippen LogP contribution in [-0.4, -0.2) is 17.7 Å². The summed E-state index contributed by atoms with van der Waals surface area (Å²) in [4.78, 5) is 12.1. The molecule has 0 spiro atoms. The first-order valence-corrected chi connectivity index (χ1v) is 6.34. The van der Waals surface area contributed by atoms with E-state index in [1.54, 1.807) is 6.92 Å². The minimum atomic E-state index is -0.772. The fourth-order valence-corrected chi connectivity index (χ4v) is 2.70. The van der Waals surface area contributed by atoms with Gasteiger partial charge >= 0.3 is 5.97 Å². The molecule has 1 atom stereocenters. The van der Waals surface area contributed by atoms with E-state index in [1.165, 1.54) is 11.3 Å². The molecule has 1 N–H and O–H groups in total. The molecule has 0 aliphatic carbocycles. The van der Waals surface area contributed by atoms with Gasteiger partial charge in [-0.3, -0.25) is 4.79 Å². The van der Waals surface area contributed by atoms with Crippen molar-refractivity contribution < 1.29 is 14.6 Å². The normalized spacial score (nSPS) is 12.6. The highest BCUT2D eigenvalue weighted by molar-refractivity contribution is 7.19. The number of esters is 1. The van der Waals surface area contributed by atoms with E-state index in [0.717, 1.165) is 15.0 Å². The molecule has 0 bridgehead atoms. The Kier molecular flexibility index (Phi) is 3.76. The van der Waals surface area contributed by atoms with Crippen LogP contribution < -0.4 is 0 Å². The fourth-order valence-electron chi connectivity index (χ4n) is 1.65. The molecule has 0 aliphatic rings. The summed E-state index contributed by atoms with van der Waals surface area (Å²) in [6.45, 7) is 2.10. The highest BCUT2D eigenvalue weighted by Gasteiger charge is 2.16. The van der Waals surface area contributed by atoms with Gasteiger partial charge in [0.15, 0.2) is 0 Å². The summed E-state index contributed by atoms with van der Waals surface area (Å²) in [6.07, 6.45) is -0.757. The van der Waals surface area contributed by atoms with E-state index in [9.17, 15) is 9.90 Å². The number of hydrogen-bond acceptors (Lipinski definition) is 4. The quantitative estimate of drug-likeness (QED) is 0.849. The lowest BCUT2D eigenvalue weighted by atomic mass is 10.2. The first-order chi connectivity index (χ1) is 8.20. The molecule has 0 radical (unpaired) electrons. The Morgan fingerprint density at radius 3 is 2.94 bits per heavy atom. The Hall–Kier alpha value is -1.39. The van der Waals surface area contributed by atoms with E-state index in [2.05, 4.69) is 0 Å². The maximum atomic E-state index is 11.3. The summed E-state index contributed by atoms with van der Waals surface area (Å²) in [5.41, 5.74) is 0. The van der Waals surface area contributed by atoms with E-state index in [4.69, 9.17) is 4.74 Å². The van der Waals surface area contributed by atoms with Crippen molar-refractivity contribution in [3.63, 3.8) is 0 Å². The summed E-state index contributed by atoms with van der Waals surface area (Å²) >= 11 is 1.51. The standard InChI is InChI=1S/C13H14O3S/c1-2-16-13(15)8-10(14)12-7-9-5-3-4-6-11(9)17-12/h3-7,10,14H,2,8H2,1H3/t10-/m0/s1. The van der Waals surface area contributed by atoms with Crippen molar-refractivity contribution in [3.05, 3.63) is 35.2 Å². The van der Waals surface area contributed by atoms with Crippen LogP contribution in [0.25, 0.3) is 10.1 Å². The number of aliphatic hydroxyl groups is 1. The molecular weight excluding hydrogens is 236 g/mol. The predicted molar refractivity (Wildman–Crippen MR) is 68.0 cm³/mol. The van der Waals surface area contributed by atoms with Crippen molar-refractivity contribution in [2.45, 2.75) is 19.4 Å². The number of ether oxygens (including phenoxy) is 1. The summed E-state index contributed by atoms with van der Waals surface area (Å²) in [5, 5.41) is 11.0. The molecule has 1 heterocycles. The maximum Gasteiger partial charge on any atom is 0.308 e. The zero-order chi connectivity index (χ0) is 12.3. The topological polar surface area (TPSA) is 46.5 Å². The molecule has 0 saturated carbocycles. The number of benzene rings is 1. The molecule has 0 amide bonds. The van der Waals surface area contributed by atoms with Crippen LogP contribution in [0.1, 0.15) is 24.3 Å². The van der Waals surface area contributed by atoms with E-state index in [1.807, 2.05) is 30.3 Å². The average Bonchev–Trinajstić information content (AvgIpc) is 2.72. The monoisotopic (exact) mass is 250 g/mol. The third-order valence-electron chi connectivity index (χ3n) is 2.44. The molecule has 1 aromatic carbocycles. The zero-order valence-electron chi connectivity index (χ0n) is 9.55. The predicted octanol–water partition coefficient (Wildman–Crippen LogP) is 2.89. The molecular formula is C13H14O3S. The van der Waals surface area contributed by atoms with Crippen LogP contribution in [0.2, 0.25) is 0 Å². The number of rotatable bonds is 4. The first kappa shape index (κ1) is 12.1. The molecule has 0 aliphatic heterocycles. The van der Waals surface area contributed by atoms with Gasteiger partial charge < -0.3 is 9.84 Å². The van der Waals surface area contributed by atoms with E-state index >= 15 is 0 Å². The van der Waals surface area contributed by atoms with Gasteiger partial charge in [-0.25, -0.2) is 0 Å². The molecule has 0 unspecified atom stereocenters. The van der Waals surface area contributed by atoms with Gasteiger partial charge in [0.2, 0.25) is 0 Å². The van der Waals surface area contributed by atoms with Crippen LogP contribution in [0.4, 0.5) is 0 Å². The number of hydrogen-bond donors (Lipinski definition) is 1. The number of aliphatic hydroxyl groups excluding tert-OH is 1. The summed E-state index contributed by atoms with van der Waals surface area (Å²) in [7, 11) is 0. The lowest BCUT2D eigenvalue weighted by Gasteiger charge is -2.06. The molecule has 2 aromatic rings. The number of carbonyl (C=O) groups is 1. The zero-order valence-corrected chi connectivity index (χ0v) is 10.4. The fraction of sp³-hybridized carbons (Fsp3) is 0.308. The molecule has 4 heteroatoms. The maximum absolute atomic E-state index is 11.3. The van der Waals surface area contributed by atoms with Gasteiger partial charge in [-0.1, -0.05) is 18.2 Å². The van der Waals surface area contributed by atoms with Gasteiger partial charge in [-0.15, -0.1) is 11.3 Å². The second-order valence-corrected chi connectivity index (χ2v) is 4.83. The van der Waals surface area contributed by atoms with E-state index < -0.39 is 6.10 Å². The van der Waals surface area contributed by atoms with Crippen molar-refractivity contribution in [2.24, 2.45) is 0 Å². The van der Waals surface area contributed by atoms with Crippen LogP contribution in [0, 0.1) is 0 Å². The Morgan fingerprint density at radius 1 is 1.47 bits per heavy atom. The Bertz CT molecular complexity index is 485. The molecule has 1 aromatic heterocycles. The second kappa shape index (κ2) is 5.29. The van der Waals surface area contributed by atoms with E-state index in [-0.39, 0.29) is 12.4 Å². The van der Waals surface area contributed by atoms with Crippen LogP contribution in [0.3, 0.4) is 0 Å². The number of carbonyl (C=O) groups excluding carboxylic acids is 1. The molecule has 0 fully saturated rings. The van der Waals surface area contributed by atoms with Crippen molar-refractivity contribution in [2.75, 3.05) is 6.61 Å². The molecule has 2 rings (SSSR count). The molecule has 3 nitrogen and oxygen atoms in total. The second-order valence-electron chi connectivity index (χ2n) is 3.71. The molecule has 0 saturated heterocycles. The van der Waals surface area contributed by atoms with Crippen LogP contribution in [0.15, 0.2) is 30.3 Å². The lowest BCUT2D eigenvalue weighted by Crippen LogP contribution is -2.09. The smallest absolute Gasteiger partial charge is 0.308 e.